The van der Waals surface area contributed by atoms with E-state index in [4.69, 9.17) is 0 Å². The van der Waals surface area contributed by atoms with E-state index in [2.05, 4.69) is 14.7 Å². The molecule has 1 atom stereocenters. The van der Waals surface area contributed by atoms with Gasteiger partial charge in [0, 0.05) is 23.7 Å². The number of rotatable bonds is 4. The van der Waals surface area contributed by atoms with Crippen molar-refractivity contribution in [1.82, 2.24) is 14.7 Å². The highest BCUT2D eigenvalue weighted by Crippen LogP contribution is 2.27. The fourth-order valence-corrected chi connectivity index (χ4v) is 2.96. The standard InChI is InChI=1S/C16H15N3O3S.ClH/c1-10(19-23(21)22)11-2-4-12(5-3-11)13-8-9-17-16-14(13)6-7-15(20)18-16;/h2-10,23H,1H3,(H,17,18,20)(H,19,21,22);1H. The van der Waals surface area contributed by atoms with Gasteiger partial charge in [0.2, 0.25) is 16.4 Å². The first-order chi connectivity index (χ1) is 11.0. The second-order valence-corrected chi connectivity index (χ2v) is 5.95. The molecule has 6 nitrogen and oxygen atoms in total. The van der Waals surface area contributed by atoms with Crippen LogP contribution in [0.15, 0.2) is 53.5 Å². The topological polar surface area (TPSA) is 91.9 Å². The van der Waals surface area contributed by atoms with Crippen LogP contribution in [-0.4, -0.2) is 18.4 Å². The molecule has 8 heteroatoms. The van der Waals surface area contributed by atoms with Gasteiger partial charge in [-0.15, -0.1) is 12.4 Å². The highest BCUT2D eigenvalue weighted by Gasteiger charge is 2.08. The Morgan fingerprint density at radius 3 is 2.46 bits per heavy atom. The van der Waals surface area contributed by atoms with E-state index in [1.807, 2.05) is 30.3 Å². The Labute approximate surface area is 146 Å². The third-order valence-electron chi connectivity index (χ3n) is 3.65. The van der Waals surface area contributed by atoms with Crippen LogP contribution in [-0.2, 0) is 10.9 Å². The van der Waals surface area contributed by atoms with Gasteiger partial charge < -0.3 is 4.98 Å². The number of nitrogens with zero attached hydrogens (tertiary/aromatic N) is 1. The van der Waals surface area contributed by atoms with Crippen molar-refractivity contribution < 1.29 is 8.42 Å². The molecule has 0 amide bonds. The predicted molar refractivity (Wildman–Crippen MR) is 96.9 cm³/mol. The number of thiol groups is 1. The fraction of sp³-hybridized carbons (Fsp3) is 0.125. The van der Waals surface area contributed by atoms with Crippen molar-refractivity contribution in [2.45, 2.75) is 13.0 Å². The van der Waals surface area contributed by atoms with Crippen LogP contribution < -0.4 is 10.3 Å². The lowest BCUT2D eigenvalue weighted by Gasteiger charge is -2.11. The van der Waals surface area contributed by atoms with E-state index in [0.29, 0.717) is 5.65 Å². The summed E-state index contributed by atoms with van der Waals surface area (Å²) in [5, 5.41) is 0.855. The zero-order chi connectivity index (χ0) is 16.4. The first-order valence-electron chi connectivity index (χ1n) is 7.03. The molecule has 0 bridgehead atoms. The molecule has 3 aromatic rings. The van der Waals surface area contributed by atoms with Gasteiger partial charge in [-0.25, -0.2) is 18.1 Å². The van der Waals surface area contributed by atoms with Crippen LogP contribution in [0, 0.1) is 0 Å². The average Bonchev–Trinajstić information content (AvgIpc) is 2.53. The largest absolute Gasteiger partial charge is 0.307 e. The van der Waals surface area contributed by atoms with Crippen LogP contribution in [0.5, 0.6) is 0 Å². The van der Waals surface area contributed by atoms with Crippen molar-refractivity contribution in [1.29, 1.82) is 0 Å². The van der Waals surface area contributed by atoms with Crippen molar-refractivity contribution in [2.75, 3.05) is 0 Å². The zero-order valence-electron chi connectivity index (χ0n) is 12.7. The summed E-state index contributed by atoms with van der Waals surface area (Å²) < 4.78 is 23.9. The molecule has 0 radical (unpaired) electrons. The Balaban J connectivity index is 0.00000208. The summed E-state index contributed by atoms with van der Waals surface area (Å²) in [6.45, 7) is 1.78. The molecule has 24 heavy (non-hydrogen) atoms. The van der Waals surface area contributed by atoms with Gasteiger partial charge in [-0.2, -0.15) is 0 Å². The summed E-state index contributed by atoms with van der Waals surface area (Å²) in [6.07, 6.45) is 1.65. The van der Waals surface area contributed by atoms with E-state index in [1.54, 1.807) is 19.2 Å². The Bertz CT molecular complexity index is 976. The van der Waals surface area contributed by atoms with Crippen LogP contribution in [0.1, 0.15) is 18.5 Å². The van der Waals surface area contributed by atoms with Gasteiger partial charge in [0.1, 0.15) is 5.65 Å². The van der Waals surface area contributed by atoms with Crippen molar-refractivity contribution in [3.05, 3.63) is 64.6 Å². The third-order valence-corrected chi connectivity index (χ3v) is 4.25. The highest BCUT2D eigenvalue weighted by molar-refractivity contribution is 7.70. The smallest absolute Gasteiger partial charge is 0.249 e. The average molecular weight is 366 g/mol. The van der Waals surface area contributed by atoms with Gasteiger partial charge >= 0.3 is 0 Å². The maximum atomic E-state index is 11.4. The normalized spacial score (nSPS) is 12.1. The summed E-state index contributed by atoms with van der Waals surface area (Å²) in [6, 6.07) is 12.4. The maximum Gasteiger partial charge on any atom is 0.249 e. The Morgan fingerprint density at radius 1 is 1.08 bits per heavy atom. The number of fused-ring (bicyclic) bond motifs is 1. The number of pyridine rings is 2. The van der Waals surface area contributed by atoms with Crippen LogP contribution in [0.3, 0.4) is 0 Å². The number of nitrogens with one attached hydrogen (secondary N) is 2. The molecule has 0 spiro atoms. The van der Waals surface area contributed by atoms with Crippen molar-refractivity contribution >= 4 is 34.3 Å². The number of aromatic nitrogens is 2. The lowest BCUT2D eigenvalue weighted by molar-refractivity contribution is 0.587. The lowest BCUT2D eigenvalue weighted by atomic mass is 10.00. The van der Waals surface area contributed by atoms with Crippen LogP contribution in [0.2, 0.25) is 0 Å². The fourth-order valence-electron chi connectivity index (χ4n) is 2.49. The maximum absolute atomic E-state index is 11.4. The highest BCUT2D eigenvalue weighted by atomic mass is 35.5. The number of H-pyrrole nitrogens is 1. The van der Waals surface area contributed by atoms with E-state index < -0.39 is 10.9 Å². The molecule has 2 N–H and O–H groups in total. The number of hydrogen-bond donors (Lipinski definition) is 3. The molecule has 0 aliphatic carbocycles. The van der Waals surface area contributed by atoms with Gasteiger partial charge in [-0.05, 0) is 35.7 Å². The molecule has 1 aromatic carbocycles. The van der Waals surface area contributed by atoms with E-state index in [0.717, 1.165) is 22.1 Å². The number of aromatic amines is 1. The minimum atomic E-state index is -2.63. The summed E-state index contributed by atoms with van der Waals surface area (Å²) in [5.74, 6) is 0. The number of halogens is 1. The minimum Gasteiger partial charge on any atom is -0.307 e. The van der Waals surface area contributed by atoms with Gasteiger partial charge in [-0.1, -0.05) is 24.3 Å². The molecule has 0 fully saturated rings. The first-order valence-corrected chi connectivity index (χ1v) is 8.21. The van der Waals surface area contributed by atoms with Crippen LogP contribution >= 0.6 is 12.4 Å². The lowest BCUT2D eigenvalue weighted by Crippen LogP contribution is -2.16. The summed E-state index contributed by atoms with van der Waals surface area (Å²) in [5.41, 5.74) is 3.14. The Kier molecular flexibility index (Phi) is 5.71. The first kappa shape index (κ1) is 18.1. The van der Waals surface area contributed by atoms with E-state index in [-0.39, 0.29) is 24.0 Å². The van der Waals surface area contributed by atoms with E-state index >= 15 is 0 Å². The Hall–Kier alpha value is -2.22. The summed E-state index contributed by atoms with van der Waals surface area (Å²) in [7, 11) is -2.63. The molecule has 1 unspecified atom stereocenters. The molecular weight excluding hydrogens is 350 g/mol. The molecule has 0 aliphatic heterocycles. The predicted octanol–water partition coefficient (Wildman–Crippen LogP) is 2.19. The van der Waals surface area contributed by atoms with E-state index in [9.17, 15) is 13.2 Å². The molecule has 2 aromatic heterocycles. The molecule has 0 aliphatic rings. The van der Waals surface area contributed by atoms with Gasteiger partial charge in [0.25, 0.3) is 0 Å². The molecule has 0 saturated carbocycles. The van der Waals surface area contributed by atoms with Crippen molar-refractivity contribution in [2.24, 2.45) is 0 Å². The minimum absolute atomic E-state index is 0. The third kappa shape index (κ3) is 3.81. The molecular formula is C16H16ClN3O3S. The monoisotopic (exact) mass is 365 g/mol. The summed E-state index contributed by atoms with van der Waals surface area (Å²) >= 11 is 0. The molecule has 3 rings (SSSR count). The molecule has 0 saturated heterocycles. The van der Waals surface area contributed by atoms with Gasteiger partial charge in [0.05, 0.1) is 0 Å². The van der Waals surface area contributed by atoms with Crippen LogP contribution in [0.25, 0.3) is 22.2 Å². The van der Waals surface area contributed by atoms with E-state index in [1.165, 1.54) is 6.07 Å². The van der Waals surface area contributed by atoms with Crippen molar-refractivity contribution in [3.8, 4) is 11.1 Å². The number of hydrogen-bond acceptors (Lipinski definition) is 4. The second-order valence-electron chi connectivity index (χ2n) is 5.17. The quantitative estimate of drug-likeness (QED) is 0.618. The van der Waals surface area contributed by atoms with Crippen molar-refractivity contribution in [3.63, 3.8) is 0 Å². The Morgan fingerprint density at radius 2 is 1.79 bits per heavy atom. The zero-order valence-corrected chi connectivity index (χ0v) is 14.4. The van der Waals surface area contributed by atoms with Crippen LogP contribution in [0.4, 0.5) is 0 Å². The van der Waals surface area contributed by atoms with Gasteiger partial charge in [-0.3, -0.25) is 4.79 Å². The number of benzene rings is 1. The molecule has 2 heterocycles. The second kappa shape index (κ2) is 7.57. The summed E-state index contributed by atoms with van der Waals surface area (Å²) in [4.78, 5) is 18.3. The SMILES string of the molecule is CC(N[SH](=O)=O)c1ccc(-c2ccnc3[nH]c(=O)ccc23)cc1.Cl. The van der Waals surface area contributed by atoms with Gasteiger partial charge in [0.15, 0.2) is 0 Å². The molecule has 126 valence electrons.